The third-order valence-electron chi connectivity index (χ3n) is 5.33. The first kappa shape index (κ1) is 26.4. The maximum Gasteiger partial charge on any atom is 0.220 e. The number of thioether (sulfide) groups is 1. The number of aliphatic hydroxyl groups excluding tert-OH is 3. The lowest BCUT2D eigenvalue weighted by atomic mass is 10.00. The van der Waals surface area contributed by atoms with Gasteiger partial charge in [0.15, 0.2) is 0 Å². The SMILES string of the molecule is Nc1nc(CO[C@@H]2C(O)[C@@H](Sc3ccc(Cl)c(Cl)c3)OC(CO)[C@@H]2O)cc(-c2ccc(Cl)cc2)n1. The predicted molar refractivity (Wildman–Crippen MR) is 136 cm³/mol. The van der Waals surface area contributed by atoms with Gasteiger partial charge >= 0.3 is 0 Å². The number of aromatic nitrogens is 2. The third-order valence-corrected chi connectivity index (χ3v) is 7.46. The summed E-state index contributed by atoms with van der Waals surface area (Å²) in [6, 6.07) is 13.8. The zero-order valence-electron chi connectivity index (χ0n) is 18.1. The van der Waals surface area contributed by atoms with Gasteiger partial charge in [0.2, 0.25) is 5.95 Å². The molecule has 1 fully saturated rings. The fourth-order valence-corrected chi connectivity index (χ4v) is 5.16. The van der Waals surface area contributed by atoms with Crippen LogP contribution in [0.15, 0.2) is 53.4 Å². The lowest BCUT2D eigenvalue weighted by Gasteiger charge is -2.41. The molecule has 1 aromatic heterocycles. The number of benzene rings is 2. The maximum atomic E-state index is 10.9. The largest absolute Gasteiger partial charge is 0.394 e. The summed E-state index contributed by atoms with van der Waals surface area (Å²) in [4.78, 5) is 9.13. The number of aliphatic hydroxyl groups is 3. The monoisotopic (exact) mass is 557 g/mol. The fraction of sp³-hybridized carbons (Fsp3) is 0.304. The molecule has 4 rings (SSSR count). The van der Waals surface area contributed by atoms with E-state index in [1.54, 1.807) is 48.5 Å². The smallest absolute Gasteiger partial charge is 0.220 e. The second-order valence-corrected chi connectivity index (χ2v) is 10.2. The highest BCUT2D eigenvalue weighted by Crippen LogP contribution is 2.37. The first-order chi connectivity index (χ1) is 16.7. The van der Waals surface area contributed by atoms with Gasteiger partial charge in [0.1, 0.15) is 29.9 Å². The fourth-order valence-electron chi connectivity index (χ4n) is 3.57. The second-order valence-electron chi connectivity index (χ2n) is 7.79. The third kappa shape index (κ3) is 6.37. The maximum absolute atomic E-state index is 10.9. The normalized spacial score (nSPS) is 24.5. The van der Waals surface area contributed by atoms with Crippen molar-refractivity contribution in [2.45, 2.75) is 41.4 Å². The van der Waals surface area contributed by atoms with Crippen molar-refractivity contribution < 1.29 is 24.8 Å². The number of hydrogen-bond acceptors (Lipinski definition) is 9. The van der Waals surface area contributed by atoms with E-state index in [0.717, 1.165) is 5.56 Å². The molecule has 1 saturated heterocycles. The minimum Gasteiger partial charge on any atom is -0.394 e. The van der Waals surface area contributed by atoms with Crippen molar-refractivity contribution in [2.24, 2.45) is 0 Å². The van der Waals surface area contributed by atoms with Crippen LogP contribution < -0.4 is 5.73 Å². The molecule has 0 radical (unpaired) electrons. The van der Waals surface area contributed by atoms with Gasteiger partial charge in [-0.3, -0.25) is 0 Å². The number of rotatable bonds is 7. The lowest BCUT2D eigenvalue weighted by Crippen LogP contribution is -2.58. The molecule has 2 unspecified atom stereocenters. The Balaban J connectivity index is 1.51. The first-order valence-corrected chi connectivity index (χ1v) is 12.5. The molecule has 0 amide bonds. The van der Waals surface area contributed by atoms with Crippen LogP contribution in [0.1, 0.15) is 5.69 Å². The molecule has 0 bridgehead atoms. The van der Waals surface area contributed by atoms with Crippen LogP contribution in [0.4, 0.5) is 5.95 Å². The van der Waals surface area contributed by atoms with Gasteiger partial charge in [-0.15, -0.1) is 0 Å². The van der Waals surface area contributed by atoms with E-state index in [1.807, 2.05) is 0 Å². The van der Waals surface area contributed by atoms with Crippen molar-refractivity contribution in [1.82, 2.24) is 9.97 Å². The van der Waals surface area contributed by atoms with Crippen molar-refractivity contribution in [3.63, 3.8) is 0 Å². The summed E-state index contributed by atoms with van der Waals surface area (Å²) < 4.78 is 11.6. The molecule has 0 saturated carbocycles. The second kappa shape index (κ2) is 11.6. The molecule has 35 heavy (non-hydrogen) atoms. The standard InChI is InChI=1S/C23H22Cl3N3O5S/c24-12-3-1-11(2-4-12)17-7-13(28-23(27)29-17)10-33-21-19(31)18(9-30)34-22(20(21)32)35-14-5-6-15(25)16(26)8-14/h1-8,18-22,30-32H,9-10H2,(H2,27,28,29)/t18?,19-,20?,21-,22+/m0/s1. The van der Waals surface area contributed by atoms with Crippen LogP contribution in [0.25, 0.3) is 11.3 Å². The molecular weight excluding hydrogens is 537 g/mol. The number of anilines is 1. The number of halogens is 3. The number of nitrogens with zero attached hydrogens (tertiary/aromatic N) is 2. The van der Waals surface area contributed by atoms with Crippen molar-refractivity contribution >= 4 is 52.5 Å². The van der Waals surface area contributed by atoms with E-state index in [0.29, 0.717) is 31.4 Å². The molecule has 1 aliphatic rings. The molecular formula is C23H22Cl3N3O5S. The van der Waals surface area contributed by atoms with Gasteiger partial charge in [-0.05, 0) is 36.4 Å². The summed E-state index contributed by atoms with van der Waals surface area (Å²) in [5.41, 5.74) is 6.84. The Labute approximate surface area is 221 Å². The van der Waals surface area contributed by atoms with Crippen molar-refractivity contribution in [3.05, 3.63) is 69.3 Å². The average Bonchev–Trinajstić information content (AvgIpc) is 2.83. The highest BCUT2D eigenvalue weighted by Gasteiger charge is 2.45. The van der Waals surface area contributed by atoms with Crippen LogP contribution in [-0.2, 0) is 16.1 Å². The molecule has 0 aliphatic carbocycles. The minimum absolute atomic E-state index is 0.0467. The summed E-state index contributed by atoms with van der Waals surface area (Å²) >= 11 is 19.2. The summed E-state index contributed by atoms with van der Waals surface area (Å²) in [7, 11) is 0. The molecule has 1 aliphatic heterocycles. The van der Waals surface area contributed by atoms with Gasteiger partial charge in [0.05, 0.1) is 34.6 Å². The highest BCUT2D eigenvalue weighted by atomic mass is 35.5. The quantitative estimate of drug-likeness (QED) is 0.342. The first-order valence-electron chi connectivity index (χ1n) is 10.5. The van der Waals surface area contributed by atoms with Gasteiger partial charge in [-0.1, -0.05) is 58.7 Å². The van der Waals surface area contributed by atoms with Crippen LogP contribution in [0.5, 0.6) is 0 Å². The Morgan fingerprint density at radius 1 is 0.971 bits per heavy atom. The molecule has 5 N–H and O–H groups in total. The van der Waals surface area contributed by atoms with Crippen LogP contribution in [-0.4, -0.2) is 61.7 Å². The number of nitrogens with two attached hydrogens (primary N) is 1. The number of nitrogen functional groups attached to an aromatic ring is 1. The summed E-state index contributed by atoms with van der Waals surface area (Å²) in [6.45, 7) is -0.540. The van der Waals surface area contributed by atoms with Crippen molar-refractivity contribution in [2.75, 3.05) is 12.3 Å². The van der Waals surface area contributed by atoms with Crippen molar-refractivity contribution in [1.29, 1.82) is 0 Å². The molecule has 186 valence electrons. The molecule has 3 aromatic rings. The van der Waals surface area contributed by atoms with Gasteiger partial charge in [0, 0.05) is 15.5 Å². The Morgan fingerprint density at radius 3 is 2.40 bits per heavy atom. The van der Waals surface area contributed by atoms with E-state index in [4.69, 9.17) is 50.0 Å². The summed E-state index contributed by atoms with van der Waals surface area (Å²) in [5.74, 6) is 0.0467. The summed E-state index contributed by atoms with van der Waals surface area (Å²) in [5, 5.41) is 32.7. The van der Waals surface area contributed by atoms with Crippen LogP contribution >= 0.6 is 46.6 Å². The van der Waals surface area contributed by atoms with Gasteiger partial charge in [0.25, 0.3) is 0 Å². The van der Waals surface area contributed by atoms with Crippen molar-refractivity contribution in [3.8, 4) is 11.3 Å². The Bertz CT molecular complexity index is 1170. The molecule has 0 spiro atoms. The van der Waals surface area contributed by atoms with Gasteiger partial charge in [-0.25, -0.2) is 9.97 Å². The van der Waals surface area contributed by atoms with E-state index >= 15 is 0 Å². The topological polar surface area (TPSA) is 131 Å². The minimum atomic E-state index is -1.28. The molecule has 5 atom stereocenters. The Kier molecular flexibility index (Phi) is 8.75. The molecule has 12 heteroatoms. The van der Waals surface area contributed by atoms with E-state index in [2.05, 4.69) is 9.97 Å². The molecule has 8 nitrogen and oxygen atoms in total. The lowest BCUT2D eigenvalue weighted by molar-refractivity contribution is -0.223. The Morgan fingerprint density at radius 2 is 1.71 bits per heavy atom. The number of hydrogen-bond donors (Lipinski definition) is 4. The average molecular weight is 559 g/mol. The Hall–Kier alpha value is -1.66. The highest BCUT2D eigenvalue weighted by molar-refractivity contribution is 7.99. The van der Waals surface area contributed by atoms with E-state index in [1.165, 1.54) is 11.8 Å². The zero-order valence-corrected chi connectivity index (χ0v) is 21.2. The van der Waals surface area contributed by atoms with E-state index < -0.39 is 36.5 Å². The van der Waals surface area contributed by atoms with Gasteiger partial charge < -0.3 is 30.5 Å². The van der Waals surface area contributed by atoms with E-state index in [9.17, 15) is 15.3 Å². The molecule has 2 heterocycles. The van der Waals surface area contributed by atoms with E-state index in [-0.39, 0.29) is 12.6 Å². The van der Waals surface area contributed by atoms with Crippen LogP contribution in [0.2, 0.25) is 15.1 Å². The summed E-state index contributed by atoms with van der Waals surface area (Å²) in [6.07, 6.45) is -4.56. The molecule has 2 aromatic carbocycles. The predicted octanol–water partition coefficient (Wildman–Crippen LogP) is 3.80. The number of ether oxygens (including phenoxy) is 2. The van der Waals surface area contributed by atoms with Crippen LogP contribution in [0.3, 0.4) is 0 Å². The van der Waals surface area contributed by atoms with Crippen LogP contribution in [0, 0.1) is 0 Å². The van der Waals surface area contributed by atoms with Gasteiger partial charge in [-0.2, -0.15) is 0 Å². The zero-order chi connectivity index (χ0) is 25.1.